The van der Waals surface area contributed by atoms with Crippen LogP contribution in [0.4, 0.5) is 10.8 Å². The number of fused-ring (bicyclic) bond motifs is 1. The molecule has 1 aliphatic rings. The van der Waals surface area contributed by atoms with Crippen LogP contribution in [0.3, 0.4) is 0 Å². The van der Waals surface area contributed by atoms with E-state index in [1.807, 2.05) is 25.1 Å². The zero-order valence-electron chi connectivity index (χ0n) is 15.1. The predicted molar refractivity (Wildman–Crippen MR) is 108 cm³/mol. The quantitative estimate of drug-likeness (QED) is 0.468. The molecule has 8 nitrogen and oxygen atoms in total. The van der Waals surface area contributed by atoms with Crippen LogP contribution in [0, 0.1) is 17.0 Å². The van der Waals surface area contributed by atoms with E-state index in [2.05, 4.69) is 10.3 Å². The molecule has 0 atom stereocenters. The number of halogens is 1. The average Bonchev–Trinajstić information content (AvgIpc) is 3.27. The number of ether oxygens (including phenoxy) is 2. The third-order valence-electron chi connectivity index (χ3n) is 4.32. The monoisotopic (exact) mass is 431 g/mol. The van der Waals surface area contributed by atoms with Gasteiger partial charge in [-0.05, 0) is 36.8 Å². The second-order valence-corrected chi connectivity index (χ2v) is 7.78. The lowest BCUT2D eigenvalue weighted by Crippen LogP contribution is -2.13. The summed E-state index contributed by atoms with van der Waals surface area (Å²) in [5.41, 5.74) is 1.36. The first-order valence-electron chi connectivity index (χ1n) is 8.51. The van der Waals surface area contributed by atoms with Gasteiger partial charge in [0.2, 0.25) is 6.79 Å². The molecule has 148 valence electrons. The highest BCUT2D eigenvalue weighted by atomic mass is 35.5. The molecule has 1 aromatic heterocycles. The molecule has 0 saturated carbocycles. The molecule has 0 saturated heterocycles. The van der Waals surface area contributed by atoms with Crippen molar-refractivity contribution in [1.29, 1.82) is 0 Å². The highest BCUT2D eigenvalue weighted by molar-refractivity contribution is 7.15. The molecule has 0 unspecified atom stereocenters. The normalized spacial score (nSPS) is 12.1. The van der Waals surface area contributed by atoms with Gasteiger partial charge in [0.15, 0.2) is 16.6 Å². The standard InChI is InChI=1S/C19H14ClN3O5S/c1-10-17(7-11-2-5-15-16(6-11)28-9-27-15)29-19(21-10)22-18(24)13-4-3-12(20)8-14(13)23(25)26/h2-6,8H,7,9H2,1H3,(H,21,22,24). The number of benzene rings is 2. The Balaban J connectivity index is 1.53. The van der Waals surface area contributed by atoms with Gasteiger partial charge in [0.1, 0.15) is 5.56 Å². The van der Waals surface area contributed by atoms with E-state index >= 15 is 0 Å². The minimum absolute atomic E-state index is 0.0791. The molecule has 1 amide bonds. The highest BCUT2D eigenvalue weighted by Crippen LogP contribution is 2.34. The molecule has 29 heavy (non-hydrogen) atoms. The molecule has 0 radical (unpaired) electrons. The van der Waals surface area contributed by atoms with Gasteiger partial charge in [0, 0.05) is 22.4 Å². The summed E-state index contributed by atoms with van der Waals surface area (Å²) in [7, 11) is 0. The third-order valence-corrected chi connectivity index (χ3v) is 5.62. The van der Waals surface area contributed by atoms with Gasteiger partial charge in [-0.3, -0.25) is 20.2 Å². The average molecular weight is 432 g/mol. The Morgan fingerprint density at radius 2 is 2.07 bits per heavy atom. The minimum atomic E-state index is -0.640. The summed E-state index contributed by atoms with van der Waals surface area (Å²) in [6.45, 7) is 2.06. The molecule has 0 spiro atoms. The SMILES string of the molecule is Cc1nc(NC(=O)c2ccc(Cl)cc2[N+](=O)[O-])sc1Cc1ccc2c(c1)OCO2. The van der Waals surface area contributed by atoms with Crippen LogP contribution in [0.1, 0.15) is 26.5 Å². The largest absolute Gasteiger partial charge is 0.454 e. The number of aromatic nitrogens is 1. The predicted octanol–water partition coefficient (Wildman–Crippen LogP) is 4.58. The molecular formula is C19H14ClN3O5S. The van der Waals surface area contributed by atoms with Crippen molar-refractivity contribution in [2.75, 3.05) is 12.1 Å². The van der Waals surface area contributed by atoms with Crippen LogP contribution >= 0.6 is 22.9 Å². The Labute approximate surface area is 174 Å². The van der Waals surface area contributed by atoms with E-state index in [1.165, 1.54) is 23.5 Å². The van der Waals surface area contributed by atoms with Gasteiger partial charge >= 0.3 is 0 Å². The number of hydrogen-bond donors (Lipinski definition) is 1. The van der Waals surface area contributed by atoms with Gasteiger partial charge in [-0.25, -0.2) is 4.98 Å². The number of nitro groups is 1. The third kappa shape index (κ3) is 4.01. The van der Waals surface area contributed by atoms with E-state index in [9.17, 15) is 14.9 Å². The Morgan fingerprint density at radius 1 is 1.28 bits per heavy atom. The summed E-state index contributed by atoms with van der Waals surface area (Å²) in [4.78, 5) is 28.4. The summed E-state index contributed by atoms with van der Waals surface area (Å²) in [6, 6.07) is 9.62. The number of carbonyl (C=O) groups excluding carboxylic acids is 1. The van der Waals surface area contributed by atoms with E-state index < -0.39 is 10.8 Å². The van der Waals surface area contributed by atoms with E-state index in [1.54, 1.807) is 0 Å². The first kappa shape index (κ1) is 19.2. The Morgan fingerprint density at radius 3 is 2.86 bits per heavy atom. The lowest BCUT2D eigenvalue weighted by Gasteiger charge is -2.03. The van der Waals surface area contributed by atoms with E-state index in [0.717, 1.165) is 22.2 Å². The lowest BCUT2D eigenvalue weighted by atomic mass is 10.1. The van der Waals surface area contributed by atoms with Crippen LogP contribution in [0.25, 0.3) is 0 Å². The summed E-state index contributed by atoms with van der Waals surface area (Å²) >= 11 is 7.12. The molecule has 2 aromatic carbocycles. The Bertz CT molecular complexity index is 1130. The summed E-state index contributed by atoms with van der Waals surface area (Å²) in [5.74, 6) is 0.803. The molecule has 1 aliphatic heterocycles. The number of carbonyl (C=O) groups is 1. The van der Waals surface area contributed by atoms with Crippen LogP contribution in [-0.2, 0) is 6.42 Å². The van der Waals surface area contributed by atoms with Gasteiger partial charge < -0.3 is 9.47 Å². The van der Waals surface area contributed by atoms with Crippen molar-refractivity contribution in [3.05, 3.63) is 73.2 Å². The molecule has 1 N–H and O–H groups in total. The Kier molecular flexibility index (Phi) is 5.08. The van der Waals surface area contributed by atoms with E-state index in [-0.39, 0.29) is 23.1 Å². The number of thiazole rings is 1. The second kappa shape index (κ2) is 7.69. The molecular weight excluding hydrogens is 418 g/mol. The molecule has 2 heterocycles. The van der Waals surface area contributed by atoms with Crippen LogP contribution in [0.5, 0.6) is 11.5 Å². The molecule has 0 fully saturated rings. The number of hydrogen-bond acceptors (Lipinski definition) is 7. The van der Waals surface area contributed by atoms with Gasteiger partial charge in [0.05, 0.1) is 10.6 Å². The second-order valence-electron chi connectivity index (χ2n) is 6.26. The number of amides is 1. The van der Waals surface area contributed by atoms with Crippen LogP contribution in [0.15, 0.2) is 36.4 Å². The summed E-state index contributed by atoms with van der Waals surface area (Å²) < 4.78 is 10.7. The van der Waals surface area contributed by atoms with Crippen molar-refractivity contribution >= 4 is 39.7 Å². The van der Waals surface area contributed by atoms with Gasteiger partial charge in [-0.2, -0.15) is 0 Å². The van der Waals surface area contributed by atoms with Crippen LogP contribution < -0.4 is 14.8 Å². The first-order chi connectivity index (χ1) is 13.9. The molecule has 10 heteroatoms. The Hall–Kier alpha value is -3.17. The molecule has 0 aliphatic carbocycles. The maximum Gasteiger partial charge on any atom is 0.283 e. The van der Waals surface area contributed by atoms with E-state index in [4.69, 9.17) is 21.1 Å². The number of nitrogens with zero attached hydrogens (tertiary/aromatic N) is 2. The summed E-state index contributed by atoms with van der Waals surface area (Å²) in [6.07, 6.45) is 0.608. The van der Waals surface area contributed by atoms with E-state index in [0.29, 0.717) is 23.1 Å². The topological polar surface area (TPSA) is 104 Å². The molecule has 3 aromatic rings. The fourth-order valence-corrected chi connectivity index (χ4v) is 4.05. The maximum absolute atomic E-state index is 12.5. The van der Waals surface area contributed by atoms with Crippen LogP contribution in [0.2, 0.25) is 5.02 Å². The van der Waals surface area contributed by atoms with Crippen molar-refractivity contribution in [3.63, 3.8) is 0 Å². The summed E-state index contributed by atoms with van der Waals surface area (Å²) in [5, 5.41) is 14.4. The molecule has 4 rings (SSSR count). The van der Waals surface area contributed by atoms with Crippen molar-refractivity contribution < 1.29 is 19.2 Å². The fraction of sp³-hybridized carbons (Fsp3) is 0.158. The van der Waals surface area contributed by atoms with Crippen LogP contribution in [-0.4, -0.2) is 22.6 Å². The number of anilines is 1. The molecule has 0 bridgehead atoms. The zero-order valence-corrected chi connectivity index (χ0v) is 16.7. The number of rotatable bonds is 5. The number of nitro benzene ring substituents is 1. The lowest BCUT2D eigenvalue weighted by molar-refractivity contribution is -0.385. The van der Waals surface area contributed by atoms with Crippen molar-refractivity contribution in [2.45, 2.75) is 13.3 Å². The van der Waals surface area contributed by atoms with Crippen molar-refractivity contribution in [1.82, 2.24) is 4.98 Å². The number of aryl methyl sites for hydroxylation is 1. The zero-order chi connectivity index (χ0) is 20.5. The number of nitrogens with one attached hydrogen (secondary N) is 1. The van der Waals surface area contributed by atoms with Gasteiger partial charge in [-0.1, -0.05) is 17.7 Å². The highest BCUT2D eigenvalue weighted by Gasteiger charge is 2.22. The van der Waals surface area contributed by atoms with Gasteiger partial charge in [0.25, 0.3) is 11.6 Å². The minimum Gasteiger partial charge on any atom is -0.454 e. The van der Waals surface area contributed by atoms with Crippen molar-refractivity contribution in [2.24, 2.45) is 0 Å². The smallest absolute Gasteiger partial charge is 0.283 e. The van der Waals surface area contributed by atoms with Crippen molar-refractivity contribution in [3.8, 4) is 11.5 Å². The van der Waals surface area contributed by atoms with Gasteiger partial charge in [-0.15, -0.1) is 11.3 Å². The fourth-order valence-electron chi connectivity index (χ4n) is 2.89. The first-order valence-corrected chi connectivity index (χ1v) is 9.70. The maximum atomic E-state index is 12.5.